The van der Waals surface area contributed by atoms with E-state index in [-0.39, 0.29) is 11.6 Å². The lowest BCUT2D eigenvalue weighted by atomic mass is 10.1. The molecule has 1 aliphatic rings. The first-order valence-electron chi connectivity index (χ1n) is 7.39. The predicted molar refractivity (Wildman–Crippen MR) is 105 cm³/mol. The van der Waals surface area contributed by atoms with Gasteiger partial charge in [0.1, 0.15) is 11.5 Å². The van der Waals surface area contributed by atoms with Gasteiger partial charge in [0.05, 0.1) is 24.8 Å². The number of halogens is 3. The topological polar surface area (TPSA) is 97.7 Å². The molecule has 1 aromatic carbocycles. The molecule has 0 aliphatic heterocycles. The molecule has 1 fully saturated rings. The third-order valence-corrected chi connectivity index (χ3v) is 6.81. The summed E-state index contributed by atoms with van der Waals surface area (Å²) in [5, 5.41) is 15.1. The first kappa shape index (κ1) is 19.1. The minimum absolute atomic E-state index is 0.0889. The number of nitrogens with zero attached hydrogens (tertiary/aromatic N) is 2. The monoisotopic (exact) mass is 503 g/mol. The van der Waals surface area contributed by atoms with E-state index in [9.17, 15) is 14.9 Å². The van der Waals surface area contributed by atoms with Crippen LogP contribution >= 0.6 is 43.5 Å². The van der Waals surface area contributed by atoms with Crippen LogP contribution < -0.4 is 5.43 Å². The summed E-state index contributed by atoms with van der Waals surface area (Å²) >= 11 is 12.9. The fourth-order valence-corrected chi connectivity index (χ4v) is 4.00. The van der Waals surface area contributed by atoms with Crippen molar-refractivity contribution in [1.29, 1.82) is 0 Å². The Morgan fingerprint density at radius 2 is 2.12 bits per heavy atom. The lowest BCUT2D eigenvalue weighted by Crippen LogP contribution is -2.29. The molecule has 7 nitrogen and oxygen atoms in total. The van der Waals surface area contributed by atoms with Crippen molar-refractivity contribution < 1.29 is 14.1 Å². The molecule has 1 aromatic heterocycles. The van der Waals surface area contributed by atoms with Gasteiger partial charge in [-0.25, -0.2) is 5.43 Å². The summed E-state index contributed by atoms with van der Waals surface area (Å²) in [6.45, 7) is 1.82. The number of nitro benzene ring substituents is 1. The Kier molecular flexibility index (Phi) is 4.98. The SMILES string of the molecule is CC1(C(=O)NN=Cc2ccc(-c3cc([N+](=O)[O-])ccc3Cl)o2)CC1(Br)Br. The van der Waals surface area contributed by atoms with Gasteiger partial charge in [0.25, 0.3) is 5.69 Å². The molecule has 136 valence electrons. The van der Waals surface area contributed by atoms with Crippen molar-refractivity contribution in [2.24, 2.45) is 10.5 Å². The van der Waals surface area contributed by atoms with Crippen LogP contribution in [0.1, 0.15) is 19.1 Å². The van der Waals surface area contributed by atoms with Crippen LogP contribution in [0.25, 0.3) is 11.3 Å². The number of furan rings is 1. The van der Waals surface area contributed by atoms with Gasteiger partial charge in [0.15, 0.2) is 0 Å². The molecule has 1 aliphatic carbocycles. The number of carbonyl (C=O) groups is 1. The van der Waals surface area contributed by atoms with E-state index in [1.165, 1.54) is 24.4 Å². The standard InChI is InChI=1S/C16H12Br2ClN3O4/c1-15(8-16(15,17)18)14(23)21-20-7-10-3-5-13(26-10)11-6-9(22(24)25)2-4-12(11)19/h2-7H,8H2,1H3,(H,21,23). The summed E-state index contributed by atoms with van der Waals surface area (Å²) in [7, 11) is 0. The van der Waals surface area contributed by atoms with Crippen molar-refractivity contribution in [3.63, 3.8) is 0 Å². The third kappa shape index (κ3) is 3.56. The van der Waals surface area contributed by atoms with Crippen LogP contribution in [0.4, 0.5) is 5.69 Å². The van der Waals surface area contributed by atoms with E-state index >= 15 is 0 Å². The molecule has 2 aromatic rings. The molecule has 3 rings (SSSR count). The number of nitrogens with one attached hydrogen (secondary N) is 1. The second-order valence-electron chi connectivity index (χ2n) is 6.04. The van der Waals surface area contributed by atoms with Crippen LogP contribution in [0.3, 0.4) is 0 Å². The zero-order valence-electron chi connectivity index (χ0n) is 13.3. The highest BCUT2D eigenvalue weighted by molar-refractivity contribution is 9.25. The second kappa shape index (κ2) is 6.79. The second-order valence-corrected chi connectivity index (χ2v) is 10.2. The van der Waals surface area contributed by atoms with Crippen molar-refractivity contribution in [1.82, 2.24) is 5.43 Å². The van der Waals surface area contributed by atoms with E-state index in [2.05, 4.69) is 42.4 Å². The summed E-state index contributed by atoms with van der Waals surface area (Å²) < 4.78 is 5.18. The highest BCUT2D eigenvalue weighted by Gasteiger charge is 2.66. The number of nitro groups is 1. The molecule has 0 radical (unpaired) electrons. The number of non-ortho nitro benzene ring substituents is 1. The zero-order valence-corrected chi connectivity index (χ0v) is 17.3. The smallest absolute Gasteiger partial charge is 0.270 e. The number of alkyl halides is 2. The van der Waals surface area contributed by atoms with Crippen LogP contribution in [0.2, 0.25) is 5.02 Å². The normalized spacial score (nSPS) is 20.9. The highest BCUT2D eigenvalue weighted by Crippen LogP contribution is 2.66. The Bertz CT molecular complexity index is 928. The molecule has 1 unspecified atom stereocenters. The molecule has 0 spiro atoms. The molecular weight excluding hydrogens is 493 g/mol. The Morgan fingerprint density at radius 1 is 1.42 bits per heavy atom. The molecule has 0 bridgehead atoms. The first-order chi connectivity index (χ1) is 12.1. The van der Waals surface area contributed by atoms with Gasteiger partial charge in [-0.1, -0.05) is 43.5 Å². The maximum atomic E-state index is 12.1. The molecule has 1 heterocycles. The van der Waals surface area contributed by atoms with Crippen molar-refractivity contribution in [3.05, 3.63) is 51.2 Å². The lowest BCUT2D eigenvalue weighted by Gasteiger charge is -2.09. The summed E-state index contributed by atoms with van der Waals surface area (Å²) in [6, 6.07) is 7.34. The zero-order chi connectivity index (χ0) is 19.1. The molecule has 0 saturated heterocycles. The van der Waals surface area contributed by atoms with Crippen molar-refractivity contribution in [3.8, 4) is 11.3 Å². The van der Waals surface area contributed by atoms with E-state index in [4.69, 9.17) is 16.0 Å². The van der Waals surface area contributed by atoms with Crippen molar-refractivity contribution in [2.75, 3.05) is 0 Å². The fraction of sp³-hybridized carbons (Fsp3) is 0.250. The van der Waals surface area contributed by atoms with Crippen molar-refractivity contribution in [2.45, 2.75) is 16.6 Å². The number of hydrazone groups is 1. The Hall–Kier alpha value is -1.71. The van der Waals surface area contributed by atoms with E-state index in [1.807, 2.05) is 6.92 Å². The molecule has 1 N–H and O–H groups in total. The average molecular weight is 506 g/mol. The number of carbonyl (C=O) groups excluding carboxylic acids is 1. The first-order valence-corrected chi connectivity index (χ1v) is 9.36. The number of rotatable bonds is 5. The average Bonchev–Trinajstić information content (AvgIpc) is 2.91. The maximum absolute atomic E-state index is 12.1. The summed E-state index contributed by atoms with van der Waals surface area (Å²) in [6.07, 6.45) is 2.00. The van der Waals surface area contributed by atoms with Crippen LogP contribution in [-0.2, 0) is 4.79 Å². The molecule has 1 saturated carbocycles. The van der Waals surface area contributed by atoms with Crippen LogP contribution in [-0.4, -0.2) is 20.3 Å². The largest absolute Gasteiger partial charge is 0.455 e. The molecule has 1 amide bonds. The minimum Gasteiger partial charge on any atom is -0.455 e. The Labute approximate surface area is 170 Å². The van der Waals surface area contributed by atoms with Crippen LogP contribution in [0, 0.1) is 15.5 Å². The van der Waals surface area contributed by atoms with E-state index in [0.29, 0.717) is 28.5 Å². The van der Waals surface area contributed by atoms with Crippen LogP contribution in [0.5, 0.6) is 0 Å². The van der Waals surface area contributed by atoms with E-state index < -0.39 is 13.6 Å². The van der Waals surface area contributed by atoms with Gasteiger partial charge in [-0.2, -0.15) is 5.10 Å². The van der Waals surface area contributed by atoms with E-state index in [1.54, 1.807) is 12.1 Å². The van der Waals surface area contributed by atoms with Gasteiger partial charge in [-0.3, -0.25) is 14.9 Å². The number of benzene rings is 1. The van der Waals surface area contributed by atoms with Gasteiger partial charge in [0.2, 0.25) is 5.91 Å². The predicted octanol–water partition coefficient (Wildman–Crippen LogP) is 4.85. The summed E-state index contributed by atoms with van der Waals surface area (Å²) in [4.78, 5) is 22.5. The van der Waals surface area contributed by atoms with Gasteiger partial charge in [-0.15, -0.1) is 0 Å². The third-order valence-electron chi connectivity index (χ3n) is 4.17. The fourth-order valence-electron chi connectivity index (χ4n) is 2.31. The molecule has 1 atom stereocenters. The number of hydrogen-bond acceptors (Lipinski definition) is 5. The quantitative estimate of drug-likeness (QED) is 0.272. The van der Waals surface area contributed by atoms with Gasteiger partial charge in [0, 0.05) is 17.7 Å². The minimum atomic E-state index is -0.574. The van der Waals surface area contributed by atoms with Crippen LogP contribution in [0.15, 0.2) is 39.9 Å². The van der Waals surface area contributed by atoms with Gasteiger partial charge < -0.3 is 4.42 Å². The molecule has 10 heteroatoms. The molecule has 26 heavy (non-hydrogen) atoms. The summed E-state index contributed by atoms with van der Waals surface area (Å²) in [5.41, 5.74) is 2.21. The number of hydrogen-bond donors (Lipinski definition) is 1. The Morgan fingerprint density at radius 3 is 2.73 bits per heavy atom. The lowest BCUT2D eigenvalue weighted by molar-refractivity contribution is -0.384. The molecular formula is C16H12Br2ClN3O4. The van der Waals surface area contributed by atoms with E-state index in [0.717, 1.165) is 0 Å². The Balaban J connectivity index is 1.72. The summed E-state index contributed by atoms with van der Waals surface area (Å²) in [5.74, 6) is 0.504. The highest BCUT2D eigenvalue weighted by atomic mass is 79.9. The maximum Gasteiger partial charge on any atom is 0.270 e. The van der Waals surface area contributed by atoms with Gasteiger partial charge in [-0.05, 0) is 31.5 Å². The van der Waals surface area contributed by atoms with Crippen molar-refractivity contribution >= 4 is 61.3 Å². The van der Waals surface area contributed by atoms with Gasteiger partial charge >= 0.3 is 0 Å². The number of amides is 1.